The summed E-state index contributed by atoms with van der Waals surface area (Å²) >= 11 is 0. The molecule has 0 amide bonds. The molecule has 0 aromatic heterocycles. The van der Waals surface area contributed by atoms with Gasteiger partial charge in [-0.1, -0.05) is 12.2 Å². The number of allylic oxidation sites excluding steroid dienone is 2. The van der Waals surface area contributed by atoms with Crippen molar-refractivity contribution in [1.82, 2.24) is 0 Å². The van der Waals surface area contributed by atoms with Crippen molar-refractivity contribution in [2.24, 2.45) is 0 Å². The summed E-state index contributed by atoms with van der Waals surface area (Å²) in [6.45, 7) is 2.26. The van der Waals surface area contributed by atoms with Crippen LogP contribution < -0.4 is 0 Å². The largest absolute Gasteiger partial charge is 0.239 e. The van der Waals surface area contributed by atoms with Crippen LogP contribution in [0.3, 0.4) is 0 Å². The highest BCUT2D eigenvalue weighted by molar-refractivity contribution is 4.83. The fraction of sp³-hybridized carbons (Fsp3) is 0.250. The van der Waals surface area contributed by atoms with Gasteiger partial charge in [-0.05, 0) is 6.92 Å². The summed E-state index contributed by atoms with van der Waals surface area (Å²) in [4.78, 5) is 0. The van der Waals surface area contributed by atoms with Gasteiger partial charge in [-0.3, -0.25) is 0 Å². The molecule has 0 fully saturated rings. The van der Waals surface area contributed by atoms with Gasteiger partial charge in [0.05, 0.1) is 0 Å². The van der Waals surface area contributed by atoms with Crippen LogP contribution in [0.2, 0.25) is 0 Å². The molecule has 1 radical (unpaired) electrons. The molecule has 0 nitrogen and oxygen atoms in total. The van der Waals surface area contributed by atoms with E-state index in [1.54, 1.807) is 13.0 Å². The fourth-order valence-corrected chi connectivity index (χ4v) is 0.0727. The van der Waals surface area contributed by atoms with Crippen LogP contribution in [0.5, 0.6) is 0 Å². The Morgan fingerprint density at radius 1 is 1.60 bits per heavy atom. The van der Waals surface area contributed by atoms with Crippen molar-refractivity contribution in [2.75, 3.05) is 0 Å². The number of hydrogen-bond donors (Lipinski definition) is 0. The molecule has 0 N–H and O–H groups in total. The maximum absolute atomic E-state index is 10.8. The average molecular weight is 73.1 g/mol. The molecule has 5 heavy (non-hydrogen) atoms. The van der Waals surface area contributed by atoms with Gasteiger partial charge < -0.3 is 0 Å². The Morgan fingerprint density at radius 3 is 2.20 bits per heavy atom. The van der Waals surface area contributed by atoms with Gasteiger partial charge in [0.25, 0.3) is 0 Å². The number of hydrogen-bond acceptors (Lipinski definition) is 0. The second-order valence-corrected chi connectivity index (χ2v) is 0.652. The lowest BCUT2D eigenvalue weighted by Gasteiger charge is -1.60. The van der Waals surface area contributed by atoms with Crippen molar-refractivity contribution in [3.63, 3.8) is 0 Å². The standard InChI is InChI=1S/C4H6F/c1-2-3-4-5/h2-4H,1H3/b3-2+. The third-order valence-electron chi connectivity index (χ3n) is 0.265. The average Bonchev–Trinajstić information content (AvgIpc) is 1.41. The molecular formula is C4H6F. The summed E-state index contributed by atoms with van der Waals surface area (Å²) in [5.41, 5.74) is 0. The first-order valence-corrected chi connectivity index (χ1v) is 1.46. The van der Waals surface area contributed by atoms with Crippen LogP contribution in [0.25, 0.3) is 0 Å². The van der Waals surface area contributed by atoms with E-state index in [1.807, 2.05) is 0 Å². The molecule has 0 atom stereocenters. The SMILES string of the molecule is C/C=C/[CH]F. The molecule has 0 unspecified atom stereocenters. The topological polar surface area (TPSA) is 0 Å². The zero-order valence-electron chi connectivity index (χ0n) is 3.11. The van der Waals surface area contributed by atoms with Crippen molar-refractivity contribution < 1.29 is 4.39 Å². The minimum absolute atomic E-state index is 0.500. The van der Waals surface area contributed by atoms with Gasteiger partial charge in [0.15, 0.2) is 6.67 Å². The Balaban J connectivity index is 2.62. The molecule has 0 aliphatic carbocycles. The van der Waals surface area contributed by atoms with Crippen molar-refractivity contribution in [1.29, 1.82) is 0 Å². The molecule has 0 bridgehead atoms. The van der Waals surface area contributed by atoms with Crippen LogP contribution in [0.1, 0.15) is 6.92 Å². The first-order valence-electron chi connectivity index (χ1n) is 1.46. The molecule has 0 aliphatic heterocycles. The van der Waals surface area contributed by atoms with E-state index in [-0.39, 0.29) is 0 Å². The Hall–Kier alpha value is -0.330. The molecule has 0 aliphatic rings. The highest BCUT2D eigenvalue weighted by atomic mass is 19.1. The lowest BCUT2D eigenvalue weighted by molar-refractivity contribution is 0.656. The van der Waals surface area contributed by atoms with E-state index in [9.17, 15) is 4.39 Å². The predicted molar refractivity (Wildman–Crippen MR) is 20.2 cm³/mol. The van der Waals surface area contributed by atoms with E-state index < -0.39 is 0 Å². The van der Waals surface area contributed by atoms with Gasteiger partial charge in [0, 0.05) is 0 Å². The van der Waals surface area contributed by atoms with Crippen molar-refractivity contribution in [3.8, 4) is 0 Å². The minimum Gasteiger partial charge on any atom is -0.239 e. The lowest BCUT2D eigenvalue weighted by Crippen LogP contribution is -1.42. The Morgan fingerprint density at radius 2 is 2.20 bits per heavy atom. The molecule has 0 saturated carbocycles. The maximum atomic E-state index is 10.8. The second-order valence-electron chi connectivity index (χ2n) is 0.652. The molecule has 0 rings (SSSR count). The van der Waals surface area contributed by atoms with E-state index in [4.69, 9.17) is 0 Å². The van der Waals surface area contributed by atoms with Crippen LogP contribution in [0.4, 0.5) is 4.39 Å². The summed E-state index contributed by atoms with van der Waals surface area (Å²) in [7, 11) is 0. The molecule has 0 spiro atoms. The van der Waals surface area contributed by atoms with E-state index in [1.165, 1.54) is 6.08 Å². The smallest absolute Gasteiger partial charge is 0.153 e. The van der Waals surface area contributed by atoms with Crippen molar-refractivity contribution in [2.45, 2.75) is 6.92 Å². The zero-order valence-corrected chi connectivity index (χ0v) is 3.11. The summed E-state index contributed by atoms with van der Waals surface area (Å²) in [6.07, 6.45) is 2.96. The van der Waals surface area contributed by atoms with Crippen LogP contribution in [0.15, 0.2) is 12.2 Å². The summed E-state index contributed by atoms with van der Waals surface area (Å²) in [5.74, 6) is 0. The van der Waals surface area contributed by atoms with Gasteiger partial charge in [0.1, 0.15) is 0 Å². The fourth-order valence-electron chi connectivity index (χ4n) is 0.0727. The van der Waals surface area contributed by atoms with Crippen LogP contribution in [-0.2, 0) is 0 Å². The van der Waals surface area contributed by atoms with Crippen molar-refractivity contribution >= 4 is 0 Å². The van der Waals surface area contributed by atoms with Gasteiger partial charge in [-0.25, -0.2) is 4.39 Å². The normalized spacial score (nSPS) is 10.0. The molecule has 29 valence electrons. The minimum atomic E-state index is 0.500. The van der Waals surface area contributed by atoms with E-state index >= 15 is 0 Å². The Bertz CT molecular complexity index is 30.6. The highest BCUT2D eigenvalue weighted by Crippen LogP contribution is 1.75. The molecular weight excluding hydrogens is 67.0 g/mol. The quantitative estimate of drug-likeness (QED) is 0.443. The summed E-state index contributed by atoms with van der Waals surface area (Å²) < 4.78 is 10.8. The molecule has 0 saturated heterocycles. The molecule has 0 aromatic carbocycles. The highest BCUT2D eigenvalue weighted by Gasteiger charge is 1.58. The van der Waals surface area contributed by atoms with E-state index in [0.29, 0.717) is 6.67 Å². The van der Waals surface area contributed by atoms with Gasteiger partial charge in [0.2, 0.25) is 0 Å². The maximum Gasteiger partial charge on any atom is 0.153 e. The van der Waals surface area contributed by atoms with Gasteiger partial charge >= 0.3 is 0 Å². The van der Waals surface area contributed by atoms with Gasteiger partial charge in [-0.2, -0.15) is 0 Å². The first kappa shape index (κ1) is 4.67. The Kier molecular flexibility index (Phi) is 3.43. The van der Waals surface area contributed by atoms with Crippen LogP contribution in [0, 0.1) is 6.67 Å². The second kappa shape index (κ2) is 3.67. The van der Waals surface area contributed by atoms with Crippen LogP contribution >= 0.6 is 0 Å². The Labute approximate surface area is 31.3 Å². The third-order valence-corrected chi connectivity index (χ3v) is 0.265. The predicted octanol–water partition coefficient (Wildman–Crippen LogP) is 1.69. The van der Waals surface area contributed by atoms with Crippen molar-refractivity contribution in [3.05, 3.63) is 18.8 Å². The zero-order chi connectivity index (χ0) is 4.12. The van der Waals surface area contributed by atoms with E-state index in [0.717, 1.165) is 0 Å². The van der Waals surface area contributed by atoms with E-state index in [2.05, 4.69) is 0 Å². The number of rotatable bonds is 1. The summed E-state index contributed by atoms with van der Waals surface area (Å²) in [5, 5.41) is 0. The van der Waals surface area contributed by atoms with Crippen LogP contribution in [-0.4, -0.2) is 0 Å². The molecule has 1 heteroatoms. The van der Waals surface area contributed by atoms with Gasteiger partial charge in [-0.15, -0.1) is 0 Å². The third kappa shape index (κ3) is 3.67. The first-order chi connectivity index (χ1) is 2.41. The molecule has 0 aromatic rings. The lowest BCUT2D eigenvalue weighted by atomic mass is 10.6. The monoisotopic (exact) mass is 73.0 g/mol. The summed E-state index contributed by atoms with van der Waals surface area (Å²) in [6, 6.07) is 0. The number of halogens is 1. The molecule has 0 heterocycles.